The van der Waals surface area contributed by atoms with Crippen LogP contribution in [0.25, 0.3) is 28.0 Å². The third kappa shape index (κ3) is 3.91. The van der Waals surface area contributed by atoms with Crippen LogP contribution < -0.4 is 40.2 Å². The van der Waals surface area contributed by atoms with Crippen LogP contribution in [0.15, 0.2) is 66.0 Å². The Balaban J connectivity index is 0.000000906. The number of fused-ring (bicyclic) bond motifs is 1. The van der Waals surface area contributed by atoms with E-state index in [0.29, 0.717) is 16.7 Å². The van der Waals surface area contributed by atoms with Gasteiger partial charge in [0, 0.05) is 12.7 Å². The molecule has 7 nitrogen and oxygen atoms in total. The van der Waals surface area contributed by atoms with Crippen molar-refractivity contribution in [3.63, 3.8) is 0 Å². The second-order valence-corrected chi connectivity index (χ2v) is 5.66. The zero-order chi connectivity index (χ0) is 19.4. The number of nitriles is 1. The molecule has 2 aromatic heterocycles. The molecule has 0 amide bonds. The summed E-state index contributed by atoms with van der Waals surface area (Å²) in [6.45, 7) is 0. The Morgan fingerprint density at radius 1 is 1.04 bits per heavy atom. The zero-order valence-corrected chi connectivity index (χ0v) is 17.8. The predicted octanol–water partition coefficient (Wildman–Crippen LogP) is -1.36. The summed E-state index contributed by atoms with van der Waals surface area (Å²) >= 11 is 0. The van der Waals surface area contributed by atoms with Crippen molar-refractivity contribution in [2.45, 2.75) is 0 Å². The van der Waals surface area contributed by atoms with Gasteiger partial charge in [0.1, 0.15) is 6.33 Å². The predicted molar refractivity (Wildman–Crippen MR) is 100 cm³/mol. The Morgan fingerprint density at radius 3 is 2.54 bits per heavy atom. The van der Waals surface area contributed by atoms with Crippen LogP contribution in [0.4, 0.5) is 0 Å². The van der Waals surface area contributed by atoms with Gasteiger partial charge in [-0.15, -0.1) is 0 Å². The smallest absolute Gasteiger partial charge is 0.857 e. The van der Waals surface area contributed by atoms with Gasteiger partial charge in [-0.25, -0.2) is 9.97 Å². The summed E-state index contributed by atoms with van der Waals surface area (Å²) in [7, 11) is 2.40. The van der Waals surface area contributed by atoms with Gasteiger partial charge in [0.2, 0.25) is 0 Å². The maximum Gasteiger partial charge on any atom is 1.00 e. The summed E-state index contributed by atoms with van der Waals surface area (Å²) in [5, 5.41) is 17.6. The van der Waals surface area contributed by atoms with E-state index in [-0.39, 0.29) is 35.1 Å². The Morgan fingerprint density at radius 2 is 1.79 bits per heavy atom. The fraction of sp³-hybridized carbons (Fsp3) is 0.100. The quantitative estimate of drug-likeness (QED) is 0.399. The normalized spacial score (nSPS) is 9.79. The molecule has 0 aliphatic rings. The van der Waals surface area contributed by atoms with Crippen molar-refractivity contribution in [3.8, 4) is 22.9 Å². The van der Waals surface area contributed by atoms with E-state index >= 15 is 0 Å². The van der Waals surface area contributed by atoms with Crippen molar-refractivity contribution in [2.24, 2.45) is 7.05 Å². The molecule has 0 radical (unpaired) electrons. The summed E-state index contributed by atoms with van der Waals surface area (Å²) in [4.78, 5) is 20.7. The van der Waals surface area contributed by atoms with Crippen LogP contribution in [-0.2, 0) is 7.05 Å². The molecule has 0 saturated heterocycles. The molecular formula is C20H16N5NaO2. The van der Waals surface area contributed by atoms with Gasteiger partial charge in [-0.2, -0.15) is 12.4 Å². The van der Waals surface area contributed by atoms with Crippen molar-refractivity contribution in [3.05, 3.63) is 77.1 Å². The number of benzene rings is 2. The fourth-order valence-electron chi connectivity index (χ4n) is 2.82. The van der Waals surface area contributed by atoms with Crippen molar-refractivity contribution in [2.75, 3.05) is 7.11 Å². The van der Waals surface area contributed by atoms with Gasteiger partial charge < -0.3 is 9.67 Å². The van der Waals surface area contributed by atoms with Gasteiger partial charge in [0.15, 0.2) is 11.2 Å². The Hall–Kier alpha value is -2.76. The minimum Gasteiger partial charge on any atom is -0.857 e. The molecular weight excluding hydrogens is 365 g/mol. The number of nitrogens with zero attached hydrogens (tertiary/aromatic N) is 5. The minimum atomic E-state index is -0.185. The Kier molecular flexibility index (Phi) is 7.26. The van der Waals surface area contributed by atoms with E-state index in [9.17, 15) is 10.1 Å². The van der Waals surface area contributed by atoms with Crippen molar-refractivity contribution >= 4 is 11.2 Å². The topological polar surface area (TPSA) is 99.6 Å². The van der Waals surface area contributed by atoms with Gasteiger partial charge in [0.25, 0.3) is 5.56 Å². The van der Waals surface area contributed by atoms with E-state index in [2.05, 4.69) is 16.0 Å². The molecule has 0 aliphatic carbocycles. The average Bonchev–Trinajstić information content (AvgIpc) is 3.17. The maximum atomic E-state index is 12.2. The molecule has 134 valence electrons. The van der Waals surface area contributed by atoms with Crippen LogP contribution in [0.5, 0.6) is 0 Å². The van der Waals surface area contributed by atoms with E-state index in [4.69, 9.17) is 5.11 Å². The maximum absolute atomic E-state index is 12.2. The molecule has 0 saturated carbocycles. The Labute approximate surface area is 183 Å². The van der Waals surface area contributed by atoms with E-state index < -0.39 is 0 Å². The molecule has 28 heavy (non-hydrogen) atoms. The minimum absolute atomic E-state index is 0. The number of imidazole rings is 1. The number of hydrogen-bond acceptors (Lipinski definition) is 5. The second kappa shape index (κ2) is 9.44. The van der Waals surface area contributed by atoms with Crippen LogP contribution in [0.2, 0.25) is 0 Å². The number of aryl methyl sites for hydroxylation is 1. The van der Waals surface area contributed by atoms with Gasteiger partial charge in [0.05, 0.1) is 18.0 Å². The molecule has 8 heteroatoms. The first kappa shape index (κ1) is 21.5. The van der Waals surface area contributed by atoms with Crippen molar-refractivity contribution in [1.82, 2.24) is 19.1 Å². The summed E-state index contributed by atoms with van der Waals surface area (Å²) in [5.74, 6) is 0. The summed E-state index contributed by atoms with van der Waals surface area (Å²) < 4.78 is 3.18. The van der Waals surface area contributed by atoms with Crippen molar-refractivity contribution < 1.29 is 34.7 Å². The van der Waals surface area contributed by atoms with Gasteiger partial charge in [-0.1, -0.05) is 30.3 Å². The van der Waals surface area contributed by atoms with Crippen LogP contribution in [0.3, 0.4) is 0 Å². The van der Waals surface area contributed by atoms with Crippen molar-refractivity contribution in [1.29, 1.82) is 5.26 Å². The molecule has 0 atom stereocenters. The first-order chi connectivity index (χ1) is 13.2. The molecule has 4 rings (SSSR count). The fourth-order valence-corrected chi connectivity index (χ4v) is 2.82. The first-order valence-corrected chi connectivity index (χ1v) is 8.08. The molecule has 0 aliphatic heterocycles. The van der Waals surface area contributed by atoms with Crippen LogP contribution in [0.1, 0.15) is 5.56 Å². The number of rotatable bonds is 2. The molecule has 2 heterocycles. The molecule has 0 N–H and O–H groups in total. The van der Waals surface area contributed by atoms with Gasteiger partial charge in [-0.3, -0.25) is 9.36 Å². The third-order valence-corrected chi connectivity index (χ3v) is 4.10. The summed E-state index contributed by atoms with van der Waals surface area (Å²) in [6, 6.07) is 17.4. The van der Waals surface area contributed by atoms with Gasteiger partial charge in [-0.05, 0) is 29.3 Å². The molecule has 0 fully saturated rings. The largest absolute Gasteiger partial charge is 1.00 e. The average molecular weight is 381 g/mol. The van der Waals surface area contributed by atoms with E-state index in [1.807, 2.05) is 42.5 Å². The van der Waals surface area contributed by atoms with E-state index in [1.165, 1.54) is 10.9 Å². The standard InChI is InChI=1S/C19H13N5O.CH3O.Na/c1-23-11-22-18-17(19(23)25)21-12-24(18)15-7-4-6-13(9-15)16-8-3-2-5-14(16)10-20;1-2;/h2-9,11-12H,1H3;1H3;/q;-1;+1. The summed E-state index contributed by atoms with van der Waals surface area (Å²) in [5.41, 5.74) is 3.87. The number of aromatic nitrogens is 4. The molecule has 0 spiro atoms. The molecule has 0 unspecified atom stereocenters. The van der Waals surface area contributed by atoms with Crippen LogP contribution >= 0.6 is 0 Å². The first-order valence-electron chi connectivity index (χ1n) is 8.08. The van der Waals surface area contributed by atoms with Crippen LogP contribution in [-0.4, -0.2) is 26.2 Å². The number of hydrogen-bond donors (Lipinski definition) is 0. The second-order valence-electron chi connectivity index (χ2n) is 5.66. The summed E-state index contributed by atoms with van der Waals surface area (Å²) in [6.07, 6.45) is 3.08. The Bertz CT molecular complexity index is 1210. The van der Waals surface area contributed by atoms with E-state index in [0.717, 1.165) is 23.9 Å². The monoisotopic (exact) mass is 381 g/mol. The molecule has 4 aromatic rings. The molecule has 2 aromatic carbocycles. The van der Waals surface area contributed by atoms with Crippen LogP contribution in [0, 0.1) is 11.3 Å². The molecule has 0 bridgehead atoms. The zero-order valence-electron chi connectivity index (χ0n) is 15.8. The van der Waals surface area contributed by atoms with E-state index in [1.54, 1.807) is 24.0 Å². The van der Waals surface area contributed by atoms with Gasteiger partial charge >= 0.3 is 29.6 Å². The third-order valence-electron chi connectivity index (χ3n) is 4.10. The SMILES string of the molecule is C[O-].Cn1cnc2c(ncn2-c2cccc(-c3ccccc3C#N)c2)c1=O.[Na+].